The fraction of sp³-hybridized carbons (Fsp3) is 0.179. The molecule has 200 valence electrons. The van der Waals surface area contributed by atoms with E-state index in [0.29, 0.717) is 41.5 Å². The number of ether oxygens (including phenoxy) is 3. The third kappa shape index (κ3) is 5.53. The Morgan fingerprint density at radius 3 is 2.59 bits per heavy atom. The molecular weight excluding hydrogens is 523 g/mol. The molecule has 2 aromatic carbocycles. The van der Waals surface area contributed by atoms with Gasteiger partial charge in [0.2, 0.25) is 11.8 Å². The average Bonchev–Trinajstić information content (AvgIpc) is 2.90. The Bertz CT molecular complexity index is 1710. The zero-order chi connectivity index (χ0) is 27.7. The predicted octanol–water partition coefficient (Wildman–Crippen LogP) is 5.75. The SMILES string of the molecule is Cc1nc(F)ccc1Oc1ncc(-c2ccc3c(c2)OCCO3)c(C)c1C(=O)Nc1cccc([S@](C)(=N)=O)c1. The maximum Gasteiger partial charge on any atom is 0.261 e. The summed E-state index contributed by atoms with van der Waals surface area (Å²) in [5.74, 6) is 0.275. The quantitative estimate of drug-likeness (QED) is 0.294. The van der Waals surface area contributed by atoms with Crippen LogP contribution in [0.5, 0.6) is 23.1 Å². The van der Waals surface area contributed by atoms with Gasteiger partial charge in [-0.15, -0.1) is 0 Å². The van der Waals surface area contributed by atoms with E-state index in [0.717, 1.165) is 11.6 Å². The molecule has 2 N–H and O–H groups in total. The van der Waals surface area contributed by atoms with Crippen LogP contribution in [-0.2, 0) is 9.73 Å². The summed E-state index contributed by atoms with van der Waals surface area (Å²) in [4.78, 5) is 22.2. The van der Waals surface area contributed by atoms with E-state index in [1.807, 2.05) is 12.1 Å². The third-order valence-electron chi connectivity index (χ3n) is 6.14. The van der Waals surface area contributed by atoms with Crippen LogP contribution in [0.4, 0.5) is 10.1 Å². The number of fused-ring (bicyclic) bond motifs is 1. The Hall–Kier alpha value is -4.51. The summed E-state index contributed by atoms with van der Waals surface area (Å²) >= 11 is 0. The molecule has 0 bridgehead atoms. The van der Waals surface area contributed by atoms with Crippen molar-refractivity contribution in [3.05, 3.63) is 83.6 Å². The van der Waals surface area contributed by atoms with E-state index in [9.17, 15) is 13.4 Å². The van der Waals surface area contributed by atoms with Crippen LogP contribution in [0.15, 0.2) is 65.7 Å². The largest absolute Gasteiger partial charge is 0.486 e. The van der Waals surface area contributed by atoms with Crippen LogP contribution in [0.25, 0.3) is 11.1 Å². The topological polar surface area (TPSA) is 123 Å². The molecule has 9 nitrogen and oxygen atoms in total. The number of aromatic nitrogens is 2. The highest BCUT2D eigenvalue weighted by atomic mass is 32.2. The first kappa shape index (κ1) is 26.1. The molecular formula is C28H25FN4O5S. The minimum atomic E-state index is -2.99. The highest BCUT2D eigenvalue weighted by Crippen LogP contribution is 2.38. The molecule has 0 aliphatic carbocycles. The number of carbonyl (C=O) groups is 1. The minimum Gasteiger partial charge on any atom is -0.486 e. The first-order valence-electron chi connectivity index (χ1n) is 12.0. The average molecular weight is 549 g/mol. The molecule has 0 saturated heterocycles. The molecule has 1 aliphatic rings. The fourth-order valence-electron chi connectivity index (χ4n) is 4.17. The number of carbonyl (C=O) groups excluding carboxylic acids is 1. The van der Waals surface area contributed by atoms with Crippen LogP contribution in [-0.4, -0.2) is 39.6 Å². The van der Waals surface area contributed by atoms with Crippen LogP contribution in [0.3, 0.4) is 0 Å². The summed E-state index contributed by atoms with van der Waals surface area (Å²) in [7, 11) is -2.99. The van der Waals surface area contributed by atoms with Gasteiger partial charge < -0.3 is 19.5 Å². The summed E-state index contributed by atoms with van der Waals surface area (Å²) in [5, 5.41) is 2.80. The van der Waals surface area contributed by atoms with Crippen LogP contribution in [0.1, 0.15) is 21.6 Å². The number of benzene rings is 2. The number of nitrogens with zero attached hydrogens (tertiary/aromatic N) is 2. The van der Waals surface area contributed by atoms with Gasteiger partial charge in [-0.3, -0.25) is 4.79 Å². The standard InChI is InChI=1S/C28H25FN4O5S/c1-16-21(18-7-8-23-24(13-18)37-12-11-36-23)15-31-28(38-22-9-10-25(29)32-17(22)2)26(16)27(34)33-19-5-4-6-20(14-19)39(3,30)35/h4-10,13-15,30H,11-12H2,1-3H3,(H,33,34)/t39-/m1/s1. The van der Waals surface area contributed by atoms with Crippen molar-refractivity contribution in [1.82, 2.24) is 9.97 Å². The van der Waals surface area contributed by atoms with Gasteiger partial charge in [-0.1, -0.05) is 12.1 Å². The van der Waals surface area contributed by atoms with Gasteiger partial charge in [0.15, 0.2) is 17.2 Å². The molecule has 1 aliphatic heterocycles. The Balaban J connectivity index is 1.59. The second-order valence-electron chi connectivity index (χ2n) is 8.98. The monoisotopic (exact) mass is 548 g/mol. The third-order valence-corrected chi connectivity index (χ3v) is 7.29. The van der Waals surface area contributed by atoms with Gasteiger partial charge in [0.25, 0.3) is 5.91 Å². The van der Waals surface area contributed by atoms with Crippen molar-refractivity contribution in [1.29, 1.82) is 4.78 Å². The number of halogens is 1. The maximum absolute atomic E-state index is 13.7. The maximum atomic E-state index is 13.7. The lowest BCUT2D eigenvalue weighted by Crippen LogP contribution is -2.17. The van der Waals surface area contributed by atoms with Crippen molar-refractivity contribution < 1.29 is 27.6 Å². The second-order valence-corrected chi connectivity index (χ2v) is 11.1. The van der Waals surface area contributed by atoms with Crippen molar-refractivity contribution >= 4 is 21.3 Å². The Morgan fingerprint density at radius 1 is 1.08 bits per heavy atom. The van der Waals surface area contributed by atoms with E-state index in [4.69, 9.17) is 19.0 Å². The lowest BCUT2D eigenvalue weighted by Gasteiger charge is -2.20. The summed E-state index contributed by atoms with van der Waals surface area (Å²) in [6.07, 6.45) is 2.90. The molecule has 0 unspecified atom stereocenters. The summed E-state index contributed by atoms with van der Waals surface area (Å²) in [6.45, 7) is 4.25. The molecule has 0 spiro atoms. The normalized spacial score (nSPS) is 13.8. The Labute approximate surface area is 225 Å². The van der Waals surface area contributed by atoms with Gasteiger partial charge in [-0.2, -0.15) is 4.39 Å². The van der Waals surface area contributed by atoms with E-state index in [-0.39, 0.29) is 27.8 Å². The molecule has 0 saturated carbocycles. The number of nitrogens with one attached hydrogen (secondary N) is 2. The number of rotatable bonds is 6. The van der Waals surface area contributed by atoms with Crippen molar-refractivity contribution in [2.75, 3.05) is 24.8 Å². The predicted molar refractivity (Wildman–Crippen MR) is 144 cm³/mol. The highest BCUT2D eigenvalue weighted by molar-refractivity contribution is 7.91. The van der Waals surface area contributed by atoms with Crippen molar-refractivity contribution in [3.8, 4) is 34.3 Å². The summed E-state index contributed by atoms with van der Waals surface area (Å²) < 4.78 is 51.0. The van der Waals surface area contributed by atoms with E-state index in [1.54, 1.807) is 44.3 Å². The molecule has 0 fully saturated rings. The molecule has 3 heterocycles. The smallest absolute Gasteiger partial charge is 0.261 e. The van der Waals surface area contributed by atoms with Gasteiger partial charge in [-0.05, 0) is 67.4 Å². The van der Waals surface area contributed by atoms with Crippen molar-refractivity contribution in [2.24, 2.45) is 0 Å². The zero-order valence-corrected chi connectivity index (χ0v) is 22.2. The minimum absolute atomic E-state index is 0.00117. The number of hydrogen-bond acceptors (Lipinski definition) is 8. The molecule has 11 heteroatoms. The molecule has 4 aromatic rings. The van der Waals surface area contributed by atoms with E-state index in [2.05, 4.69) is 15.3 Å². The van der Waals surface area contributed by atoms with Crippen LogP contribution in [0, 0.1) is 24.6 Å². The number of hydrogen-bond donors (Lipinski definition) is 2. The molecule has 0 radical (unpaired) electrons. The summed E-state index contributed by atoms with van der Waals surface area (Å²) in [6, 6.07) is 14.4. The number of anilines is 1. The number of aryl methyl sites for hydroxylation is 1. The Kier molecular flexibility index (Phi) is 6.92. The van der Waals surface area contributed by atoms with Gasteiger partial charge in [0, 0.05) is 28.6 Å². The van der Waals surface area contributed by atoms with E-state index < -0.39 is 21.6 Å². The molecule has 39 heavy (non-hydrogen) atoms. The van der Waals surface area contributed by atoms with E-state index in [1.165, 1.54) is 18.4 Å². The molecule has 2 aromatic heterocycles. The van der Waals surface area contributed by atoms with Crippen LogP contribution in [0.2, 0.25) is 0 Å². The lowest BCUT2D eigenvalue weighted by molar-refractivity contribution is 0.102. The zero-order valence-electron chi connectivity index (χ0n) is 21.4. The van der Waals surface area contributed by atoms with Gasteiger partial charge in [0.05, 0.1) is 15.4 Å². The van der Waals surface area contributed by atoms with E-state index >= 15 is 0 Å². The van der Waals surface area contributed by atoms with Gasteiger partial charge in [-0.25, -0.2) is 19.0 Å². The molecule has 1 amide bonds. The van der Waals surface area contributed by atoms with Gasteiger partial charge >= 0.3 is 0 Å². The van der Waals surface area contributed by atoms with Crippen molar-refractivity contribution in [3.63, 3.8) is 0 Å². The second kappa shape index (κ2) is 10.3. The molecule has 5 rings (SSSR count). The molecule has 1 atom stereocenters. The Morgan fingerprint density at radius 2 is 1.85 bits per heavy atom. The number of amides is 1. The first-order valence-corrected chi connectivity index (χ1v) is 13.9. The van der Waals surface area contributed by atoms with Crippen LogP contribution < -0.4 is 19.5 Å². The summed E-state index contributed by atoms with van der Waals surface area (Å²) in [5.41, 5.74) is 2.77. The first-order chi connectivity index (χ1) is 18.6. The lowest BCUT2D eigenvalue weighted by atomic mass is 9.98. The fourth-order valence-corrected chi connectivity index (χ4v) is 4.86. The van der Waals surface area contributed by atoms with Gasteiger partial charge in [0.1, 0.15) is 18.8 Å². The number of pyridine rings is 2. The van der Waals surface area contributed by atoms with Crippen LogP contribution >= 0.6 is 0 Å². The van der Waals surface area contributed by atoms with Crippen molar-refractivity contribution in [2.45, 2.75) is 18.7 Å². The highest BCUT2D eigenvalue weighted by Gasteiger charge is 2.23.